The number of aliphatic hydroxyl groups is 1. The van der Waals surface area contributed by atoms with Gasteiger partial charge in [-0.05, 0) is 23.6 Å². The fourth-order valence-electron chi connectivity index (χ4n) is 1.49. The van der Waals surface area contributed by atoms with Crippen LogP contribution in [0.25, 0.3) is 0 Å². The number of hydrogen-bond donors (Lipinski definition) is 1. The van der Waals surface area contributed by atoms with Crippen molar-refractivity contribution >= 4 is 5.91 Å². The second-order valence-corrected chi connectivity index (χ2v) is 4.55. The highest BCUT2D eigenvalue weighted by Crippen LogP contribution is 2.19. The number of benzene rings is 1. The molecule has 0 spiro atoms. The number of aliphatic hydroxyl groups excluding tert-OH is 1. The number of hydrogen-bond acceptors (Lipinski definition) is 3. The van der Waals surface area contributed by atoms with E-state index in [-0.39, 0.29) is 19.1 Å². The Morgan fingerprint density at radius 3 is 2.78 bits per heavy atom. The van der Waals surface area contributed by atoms with E-state index in [1.807, 2.05) is 24.3 Å². The largest absolute Gasteiger partial charge is 0.484 e. The van der Waals surface area contributed by atoms with Crippen LogP contribution in [0.2, 0.25) is 0 Å². The van der Waals surface area contributed by atoms with Crippen LogP contribution in [0.15, 0.2) is 24.3 Å². The van der Waals surface area contributed by atoms with Gasteiger partial charge < -0.3 is 14.7 Å². The van der Waals surface area contributed by atoms with Crippen LogP contribution in [0.5, 0.6) is 5.75 Å². The van der Waals surface area contributed by atoms with Crippen LogP contribution in [-0.4, -0.2) is 42.7 Å². The van der Waals surface area contributed by atoms with Crippen LogP contribution in [0.1, 0.15) is 25.3 Å². The zero-order valence-electron chi connectivity index (χ0n) is 11.2. The number of likely N-dealkylation sites (N-methyl/N-ethyl adjacent to an activating group) is 1. The van der Waals surface area contributed by atoms with Crippen LogP contribution >= 0.6 is 0 Å². The molecule has 1 N–H and O–H groups in total. The predicted octanol–water partition coefficient (Wildman–Crippen LogP) is 1.64. The van der Waals surface area contributed by atoms with E-state index in [1.165, 1.54) is 10.5 Å². The lowest BCUT2D eigenvalue weighted by Crippen LogP contribution is -2.33. The van der Waals surface area contributed by atoms with E-state index in [2.05, 4.69) is 13.8 Å². The lowest BCUT2D eigenvalue weighted by atomic mass is 10.0. The first-order valence-electron chi connectivity index (χ1n) is 6.12. The summed E-state index contributed by atoms with van der Waals surface area (Å²) in [6, 6.07) is 7.75. The van der Waals surface area contributed by atoms with E-state index in [9.17, 15) is 4.79 Å². The highest BCUT2D eigenvalue weighted by atomic mass is 16.5. The Labute approximate surface area is 108 Å². The molecular weight excluding hydrogens is 230 g/mol. The van der Waals surface area contributed by atoms with Gasteiger partial charge in [-0.25, -0.2) is 0 Å². The maximum atomic E-state index is 11.6. The molecule has 0 atom stereocenters. The summed E-state index contributed by atoms with van der Waals surface area (Å²) < 4.78 is 5.45. The quantitative estimate of drug-likeness (QED) is 0.836. The molecule has 0 aliphatic rings. The maximum absolute atomic E-state index is 11.6. The Morgan fingerprint density at radius 2 is 2.17 bits per heavy atom. The summed E-state index contributed by atoms with van der Waals surface area (Å²) >= 11 is 0. The smallest absolute Gasteiger partial charge is 0.260 e. The second-order valence-electron chi connectivity index (χ2n) is 4.55. The van der Waals surface area contributed by atoms with Crippen molar-refractivity contribution in [2.45, 2.75) is 19.8 Å². The summed E-state index contributed by atoms with van der Waals surface area (Å²) in [5.74, 6) is 0.993. The van der Waals surface area contributed by atoms with Gasteiger partial charge in [-0.2, -0.15) is 0 Å². The fraction of sp³-hybridized carbons (Fsp3) is 0.500. The molecule has 4 nitrogen and oxygen atoms in total. The van der Waals surface area contributed by atoms with Gasteiger partial charge in [-0.1, -0.05) is 26.0 Å². The highest BCUT2D eigenvalue weighted by molar-refractivity contribution is 5.77. The van der Waals surface area contributed by atoms with Crippen molar-refractivity contribution in [3.8, 4) is 5.75 Å². The third-order valence-electron chi connectivity index (χ3n) is 2.75. The lowest BCUT2D eigenvalue weighted by Gasteiger charge is -2.16. The number of carbonyl (C=O) groups excluding carboxylic acids is 1. The minimum absolute atomic E-state index is 0.00194. The Bertz CT molecular complexity index is 390. The molecule has 0 aromatic heterocycles. The Balaban J connectivity index is 2.53. The van der Waals surface area contributed by atoms with Gasteiger partial charge in [0.15, 0.2) is 6.61 Å². The molecule has 1 rings (SSSR count). The first kappa shape index (κ1) is 14.5. The van der Waals surface area contributed by atoms with E-state index in [4.69, 9.17) is 9.84 Å². The maximum Gasteiger partial charge on any atom is 0.260 e. The third-order valence-corrected chi connectivity index (χ3v) is 2.75. The van der Waals surface area contributed by atoms with Gasteiger partial charge in [0.05, 0.1) is 6.61 Å². The van der Waals surface area contributed by atoms with Crippen molar-refractivity contribution in [1.82, 2.24) is 4.90 Å². The SMILES string of the molecule is CC(C)c1cccc(OCC(=O)N(C)CCO)c1. The molecule has 0 aliphatic heterocycles. The molecule has 1 aromatic carbocycles. The number of nitrogens with zero attached hydrogens (tertiary/aromatic N) is 1. The van der Waals surface area contributed by atoms with Crippen LogP contribution < -0.4 is 4.74 Å². The summed E-state index contributed by atoms with van der Waals surface area (Å²) in [5.41, 5.74) is 1.18. The number of rotatable bonds is 6. The van der Waals surface area contributed by atoms with E-state index in [1.54, 1.807) is 7.05 Å². The van der Waals surface area contributed by atoms with Crippen LogP contribution in [0.3, 0.4) is 0 Å². The molecule has 1 aromatic rings. The lowest BCUT2D eigenvalue weighted by molar-refractivity contribution is -0.132. The number of ether oxygens (including phenoxy) is 1. The van der Waals surface area contributed by atoms with Crippen LogP contribution in [0, 0.1) is 0 Å². The Hall–Kier alpha value is -1.55. The van der Waals surface area contributed by atoms with Gasteiger partial charge in [-0.15, -0.1) is 0 Å². The molecule has 0 fully saturated rings. The highest BCUT2D eigenvalue weighted by Gasteiger charge is 2.09. The van der Waals surface area contributed by atoms with Gasteiger partial charge >= 0.3 is 0 Å². The Kier molecular flexibility index (Phi) is 5.65. The van der Waals surface area contributed by atoms with Crippen LogP contribution in [0.4, 0.5) is 0 Å². The molecule has 0 unspecified atom stereocenters. The van der Waals surface area contributed by atoms with Crippen molar-refractivity contribution < 1.29 is 14.6 Å². The molecular formula is C14H21NO3. The molecule has 0 radical (unpaired) electrons. The molecule has 1 amide bonds. The fourth-order valence-corrected chi connectivity index (χ4v) is 1.49. The standard InChI is InChI=1S/C14H21NO3/c1-11(2)12-5-4-6-13(9-12)18-10-14(17)15(3)7-8-16/h4-6,9,11,16H,7-8,10H2,1-3H3. The van der Waals surface area contributed by atoms with Crippen molar-refractivity contribution in [2.24, 2.45) is 0 Å². The summed E-state index contributed by atoms with van der Waals surface area (Å²) in [7, 11) is 1.65. The summed E-state index contributed by atoms with van der Waals surface area (Å²) in [5, 5.41) is 8.73. The van der Waals surface area contributed by atoms with E-state index >= 15 is 0 Å². The minimum Gasteiger partial charge on any atom is -0.484 e. The van der Waals surface area contributed by atoms with Crippen molar-refractivity contribution in [2.75, 3.05) is 26.8 Å². The topological polar surface area (TPSA) is 49.8 Å². The molecule has 0 saturated carbocycles. The summed E-state index contributed by atoms with van der Waals surface area (Å²) in [6.07, 6.45) is 0. The van der Waals surface area contributed by atoms with E-state index in [0.29, 0.717) is 18.2 Å². The van der Waals surface area contributed by atoms with Gasteiger partial charge in [0.2, 0.25) is 0 Å². The third kappa shape index (κ3) is 4.37. The van der Waals surface area contributed by atoms with E-state index < -0.39 is 0 Å². The van der Waals surface area contributed by atoms with Gasteiger partial charge in [0.1, 0.15) is 5.75 Å². The molecule has 100 valence electrons. The van der Waals surface area contributed by atoms with Crippen molar-refractivity contribution in [1.29, 1.82) is 0 Å². The molecule has 0 heterocycles. The normalized spacial score (nSPS) is 10.5. The summed E-state index contributed by atoms with van der Waals surface area (Å²) in [4.78, 5) is 13.1. The molecule has 4 heteroatoms. The van der Waals surface area contributed by atoms with Gasteiger partial charge in [0, 0.05) is 13.6 Å². The summed E-state index contributed by atoms with van der Waals surface area (Å²) in [6.45, 7) is 4.51. The molecule has 18 heavy (non-hydrogen) atoms. The average molecular weight is 251 g/mol. The molecule has 0 saturated heterocycles. The second kappa shape index (κ2) is 7.01. The zero-order valence-corrected chi connectivity index (χ0v) is 11.2. The average Bonchev–Trinajstić information content (AvgIpc) is 2.36. The zero-order chi connectivity index (χ0) is 13.5. The first-order valence-corrected chi connectivity index (χ1v) is 6.12. The van der Waals surface area contributed by atoms with E-state index in [0.717, 1.165) is 0 Å². The number of amides is 1. The van der Waals surface area contributed by atoms with Gasteiger partial charge in [0.25, 0.3) is 5.91 Å². The number of carbonyl (C=O) groups is 1. The molecule has 0 bridgehead atoms. The molecule has 0 aliphatic carbocycles. The monoisotopic (exact) mass is 251 g/mol. The predicted molar refractivity (Wildman–Crippen MR) is 70.7 cm³/mol. The van der Waals surface area contributed by atoms with Crippen LogP contribution in [-0.2, 0) is 4.79 Å². The van der Waals surface area contributed by atoms with Gasteiger partial charge in [-0.3, -0.25) is 4.79 Å². The Morgan fingerprint density at radius 1 is 1.44 bits per heavy atom. The van der Waals surface area contributed by atoms with Crippen molar-refractivity contribution in [3.63, 3.8) is 0 Å². The van der Waals surface area contributed by atoms with Crippen molar-refractivity contribution in [3.05, 3.63) is 29.8 Å². The first-order chi connectivity index (χ1) is 8.54. The minimum atomic E-state index is -0.140.